The fraction of sp³-hybridized carbons (Fsp3) is 0.476. The van der Waals surface area contributed by atoms with Crippen molar-refractivity contribution >= 4 is 13.2 Å². The molecular weight excluding hydrogens is 342 g/mol. The summed E-state index contributed by atoms with van der Waals surface area (Å²) in [5, 5.41) is 4.63. The molecule has 0 saturated carbocycles. The predicted molar refractivity (Wildman–Crippen MR) is 108 cm³/mol. The summed E-state index contributed by atoms with van der Waals surface area (Å²) >= 11 is 0. The van der Waals surface area contributed by atoms with E-state index in [1.807, 2.05) is 52.3 Å². The summed E-state index contributed by atoms with van der Waals surface area (Å²) in [6.07, 6.45) is 1.49. The molecule has 0 bridgehead atoms. The number of hydrogen-bond donors (Lipinski definition) is 0. The van der Waals surface area contributed by atoms with Crippen molar-refractivity contribution in [2.24, 2.45) is 0 Å². The molecule has 1 aromatic heterocycles. The number of hydrogen-bond acceptors (Lipinski definition) is 3. The normalized spacial score (nSPS) is 19.0. The maximum Gasteiger partial charge on any atom is 0.525 e. The number of aromatic nitrogens is 2. The van der Waals surface area contributed by atoms with Gasteiger partial charge in [-0.3, -0.25) is 0 Å². The van der Waals surface area contributed by atoms with E-state index >= 15 is 0 Å². The lowest BCUT2D eigenvalue weighted by molar-refractivity contribution is 0.00578. The van der Waals surface area contributed by atoms with Crippen molar-refractivity contribution < 1.29 is 13.7 Å². The maximum absolute atomic E-state index is 15.0. The van der Waals surface area contributed by atoms with Crippen LogP contribution in [-0.2, 0) is 9.31 Å². The van der Waals surface area contributed by atoms with Crippen molar-refractivity contribution in [3.05, 3.63) is 52.0 Å². The van der Waals surface area contributed by atoms with Gasteiger partial charge in [0.1, 0.15) is 5.73 Å². The number of aryl methyl sites for hydroxylation is 3. The Balaban J connectivity index is 1.97. The molecule has 0 aliphatic carbocycles. The molecule has 1 fully saturated rings. The van der Waals surface area contributed by atoms with Crippen molar-refractivity contribution in [1.82, 2.24) is 9.78 Å². The summed E-state index contributed by atoms with van der Waals surface area (Å²) in [7, 11) is -1.00. The van der Waals surface area contributed by atoms with E-state index in [2.05, 4.69) is 31.1 Å². The van der Waals surface area contributed by atoms with Crippen LogP contribution in [0.2, 0.25) is 0 Å². The van der Waals surface area contributed by atoms with Crippen molar-refractivity contribution in [2.75, 3.05) is 0 Å². The van der Waals surface area contributed by atoms with Crippen molar-refractivity contribution in [3.63, 3.8) is 0 Å². The molecule has 27 heavy (non-hydrogen) atoms. The van der Waals surface area contributed by atoms with Gasteiger partial charge in [-0.1, -0.05) is 17.7 Å². The first-order chi connectivity index (χ1) is 12.4. The first kappa shape index (κ1) is 19.8. The maximum atomic E-state index is 15.0. The van der Waals surface area contributed by atoms with E-state index in [1.165, 1.54) is 11.6 Å². The first-order valence-electron chi connectivity index (χ1n) is 9.29. The summed E-state index contributed by atoms with van der Waals surface area (Å²) in [4.78, 5) is 0. The van der Waals surface area contributed by atoms with Crippen LogP contribution in [-0.4, -0.2) is 28.1 Å². The number of nitrogens with zero attached hydrogens (tertiary/aromatic N) is 2. The number of halogens is 1. The zero-order valence-corrected chi connectivity index (χ0v) is 17.5. The molecule has 144 valence electrons. The predicted octanol–water partition coefficient (Wildman–Crippen LogP) is 5.05. The second-order valence-electron chi connectivity index (χ2n) is 8.40. The van der Waals surface area contributed by atoms with Crippen molar-refractivity contribution in [2.45, 2.75) is 66.6 Å². The Morgan fingerprint density at radius 2 is 1.67 bits per heavy atom. The van der Waals surface area contributed by atoms with Crippen LogP contribution < -0.4 is 0 Å². The average Bonchev–Trinajstić information content (AvgIpc) is 2.93. The van der Waals surface area contributed by atoms with E-state index in [0.717, 1.165) is 28.2 Å². The highest BCUT2D eigenvalue weighted by molar-refractivity contribution is 6.54. The third-order valence-corrected chi connectivity index (χ3v) is 5.69. The third kappa shape index (κ3) is 3.48. The van der Waals surface area contributed by atoms with Gasteiger partial charge < -0.3 is 9.31 Å². The highest BCUT2D eigenvalue weighted by Gasteiger charge is 2.53. The molecule has 2 heterocycles. The second-order valence-corrected chi connectivity index (χ2v) is 8.40. The molecule has 0 spiro atoms. The lowest BCUT2D eigenvalue weighted by Crippen LogP contribution is -2.41. The largest absolute Gasteiger partial charge is 0.525 e. The van der Waals surface area contributed by atoms with E-state index in [-0.39, 0.29) is 0 Å². The van der Waals surface area contributed by atoms with Gasteiger partial charge in [-0.2, -0.15) is 5.10 Å². The molecule has 3 rings (SSSR count). The van der Waals surface area contributed by atoms with Crippen LogP contribution in [0.4, 0.5) is 4.39 Å². The Hall–Kier alpha value is -1.92. The topological polar surface area (TPSA) is 36.3 Å². The van der Waals surface area contributed by atoms with Crippen LogP contribution in [0, 0.1) is 27.7 Å². The van der Waals surface area contributed by atoms with E-state index in [1.54, 1.807) is 0 Å². The fourth-order valence-electron chi connectivity index (χ4n) is 3.30. The van der Waals surface area contributed by atoms with E-state index < -0.39 is 24.0 Å². The highest BCUT2D eigenvalue weighted by atomic mass is 19.1. The minimum absolute atomic E-state index is 0.444. The monoisotopic (exact) mass is 370 g/mol. The zero-order valence-electron chi connectivity index (χ0n) is 17.5. The van der Waals surface area contributed by atoms with Crippen LogP contribution in [0.1, 0.15) is 55.8 Å². The quantitative estimate of drug-likeness (QED) is 0.710. The molecule has 0 amide bonds. The lowest BCUT2D eigenvalue weighted by atomic mass is 9.86. The Morgan fingerprint density at radius 1 is 1.07 bits per heavy atom. The molecule has 0 unspecified atom stereocenters. The SMILES string of the molecule is Cc1ccc(-n2nc(C)c(C=C(F)B3OC(C)(C)C(C)(C)O3)c2C)c(C)c1. The molecule has 0 radical (unpaired) electrons. The molecule has 4 nitrogen and oxygen atoms in total. The molecule has 1 aliphatic heterocycles. The Morgan fingerprint density at radius 3 is 2.22 bits per heavy atom. The molecule has 2 aromatic rings. The van der Waals surface area contributed by atoms with Crippen LogP contribution in [0.3, 0.4) is 0 Å². The van der Waals surface area contributed by atoms with Gasteiger partial charge in [-0.15, -0.1) is 0 Å². The Bertz CT molecular complexity index is 899. The van der Waals surface area contributed by atoms with Gasteiger partial charge in [-0.05, 0) is 73.1 Å². The Kier molecular flexibility index (Phi) is 4.85. The molecular formula is C21H28BFN2O2. The zero-order chi connectivity index (χ0) is 20.1. The summed E-state index contributed by atoms with van der Waals surface area (Å²) in [6, 6.07) is 6.22. The first-order valence-corrected chi connectivity index (χ1v) is 9.29. The second kappa shape index (κ2) is 6.60. The van der Waals surface area contributed by atoms with Crippen LogP contribution >= 0.6 is 0 Å². The van der Waals surface area contributed by atoms with Gasteiger partial charge in [-0.25, -0.2) is 9.07 Å². The van der Waals surface area contributed by atoms with Gasteiger partial charge in [0.25, 0.3) is 0 Å². The molecule has 0 atom stereocenters. The smallest absolute Gasteiger partial charge is 0.398 e. The third-order valence-electron chi connectivity index (χ3n) is 5.69. The molecule has 0 N–H and O–H groups in total. The van der Waals surface area contributed by atoms with Gasteiger partial charge >= 0.3 is 7.12 Å². The number of benzene rings is 1. The van der Waals surface area contributed by atoms with E-state index in [0.29, 0.717) is 0 Å². The summed E-state index contributed by atoms with van der Waals surface area (Å²) < 4.78 is 28.4. The highest BCUT2D eigenvalue weighted by Crippen LogP contribution is 2.39. The lowest BCUT2D eigenvalue weighted by Gasteiger charge is -2.32. The minimum atomic E-state index is -1.00. The van der Waals surface area contributed by atoms with Crippen molar-refractivity contribution in [1.29, 1.82) is 0 Å². The minimum Gasteiger partial charge on any atom is -0.398 e. The fourth-order valence-corrected chi connectivity index (χ4v) is 3.30. The van der Waals surface area contributed by atoms with Gasteiger partial charge in [0.05, 0.1) is 22.6 Å². The Labute approximate surface area is 161 Å². The molecule has 1 aliphatic rings. The summed E-state index contributed by atoms with van der Waals surface area (Å²) in [6.45, 7) is 15.6. The van der Waals surface area contributed by atoms with Crippen molar-refractivity contribution in [3.8, 4) is 5.69 Å². The van der Waals surface area contributed by atoms with Crippen LogP contribution in [0.5, 0.6) is 0 Å². The van der Waals surface area contributed by atoms with E-state index in [9.17, 15) is 4.39 Å². The van der Waals surface area contributed by atoms with Gasteiger partial charge in [0.2, 0.25) is 0 Å². The summed E-state index contributed by atoms with van der Waals surface area (Å²) in [5.41, 5.74) is 4.13. The molecule has 1 aromatic carbocycles. The van der Waals surface area contributed by atoms with Gasteiger partial charge in [0, 0.05) is 11.3 Å². The van der Waals surface area contributed by atoms with Crippen LogP contribution in [0.25, 0.3) is 11.8 Å². The average molecular weight is 370 g/mol. The molecule has 1 saturated heterocycles. The standard InChI is InChI=1S/C21H28BFN2O2/c1-13-9-10-18(14(2)11-13)25-16(4)17(15(3)24-25)12-19(23)22-26-20(5,6)21(7,8)27-22/h9-12H,1-8H3. The summed E-state index contributed by atoms with van der Waals surface area (Å²) in [5.74, 6) is 0. The number of rotatable bonds is 3. The molecule has 6 heteroatoms. The van der Waals surface area contributed by atoms with Crippen LogP contribution in [0.15, 0.2) is 23.9 Å². The van der Waals surface area contributed by atoms with E-state index in [4.69, 9.17) is 9.31 Å². The van der Waals surface area contributed by atoms with Gasteiger partial charge in [0.15, 0.2) is 0 Å².